The van der Waals surface area contributed by atoms with Crippen LogP contribution in [0.3, 0.4) is 0 Å². The molecule has 4 rings (SSSR count). The molecule has 36 heavy (non-hydrogen) atoms. The van der Waals surface area contributed by atoms with E-state index in [1.165, 1.54) is 6.92 Å². The third kappa shape index (κ3) is 5.62. The maximum atomic E-state index is 13.9. The normalized spacial score (nSPS) is 32.1. The lowest BCUT2D eigenvalue weighted by Crippen LogP contribution is -2.52. The number of ether oxygens (including phenoxy) is 2. The molecule has 1 N–H and O–H groups in total. The van der Waals surface area contributed by atoms with Gasteiger partial charge in [-0.3, -0.25) is 4.90 Å². The van der Waals surface area contributed by atoms with Crippen molar-refractivity contribution in [1.82, 2.24) is 19.6 Å². The zero-order chi connectivity index (χ0) is 26.3. The van der Waals surface area contributed by atoms with Crippen LogP contribution in [0.25, 0.3) is 0 Å². The molecule has 202 valence electrons. The van der Waals surface area contributed by atoms with E-state index in [0.717, 1.165) is 30.1 Å². The highest BCUT2D eigenvalue weighted by Crippen LogP contribution is 2.61. The summed E-state index contributed by atoms with van der Waals surface area (Å²) in [6, 6.07) is -3.36. The fourth-order valence-electron chi connectivity index (χ4n) is 5.56. The Morgan fingerprint density at radius 3 is 2.56 bits per heavy atom. The van der Waals surface area contributed by atoms with Crippen molar-refractivity contribution in [2.24, 2.45) is 5.92 Å². The number of amides is 1. The summed E-state index contributed by atoms with van der Waals surface area (Å²) in [4.78, 5) is 22.1. The highest BCUT2D eigenvalue weighted by molar-refractivity contribution is 7.89. The van der Waals surface area contributed by atoms with Gasteiger partial charge in [0.2, 0.25) is 10.0 Å². The molecular weight excluding hydrogens is 501 g/mol. The third-order valence-electron chi connectivity index (χ3n) is 7.48. The number of alkyl halides is 2. The standard InChI is InChI=1S/C23H33F3N4O5S/c1-4-36(32,33)29-17-8-18(20(25)26)30(22(31)35-13(2)3)19(17)12-34-16-5-6-23(9-14(23)7-16)21-27-10-15(24)11-28-21/h10-11,13-14,16-20,29H,4-9,12H2,1-3H3/t14-,16+,17+,18?,19+,23-/m1/s1. The van der Waals surface area contributed by atoms with Gasteiger partial charge in [0.05, 0.1) is 49.0 Å². The molecule has 1 amide bonds. The number of hydrogen-bond acceptors (Lipinski definition) is 7. The summed E-state index contributed by atoms with van der Waals surface area (Å²) >= 11 is 0. The summed E-state index contributed by atoms with van der Waals surface area (Å²) in [7, 11) is -3.71. The van der Waals surface area contributed by atoms with Gasteiger partial charge in [0.25, 0.3) is 6.43 Å². The van der Waals surface area contributed by atoms with Gasteiger partial charge in [0.1, 0.15) is 5.82 Å². The first-order valence-electron chi connectivity index (χ1n) is 12.3. The second-order valence-corrected chi connectivity index (χ2v) is 12.2. The molecule has 0 spiro atoms. The maximum Gasteiger partial charge on any atom is 0.410 e. The fraction of sp³-hybridized carbons (Fsp3) is 0.783. The second kappa shape index (κ2) is 10.4. The molecule has 2 heterocycles. The Bertz CT molecular complexity index is 1040. The summed E-state index contributed by atoms with van der Waals surface area (Å²) in [5, 5.41) is 0. The van der Waals surface area contributed by atoms with E-state index in [1.54, 1.807) is 13.8 Å². The largest absolute Gasteiger partial charge is 0.447 e. The number of likely N-dealkylation sites (tertiary alicyclic amines) is 1. The minimum atomic E-state index is -3.71. The van der Waals surface area contributed by atoms with Crippen LogP contribution >= 0.6 is 0 Å². The van der Waals surface area contributed by atoms with Crippen LogP contribution in [-0.2, 0) is 24.9 Å². The third-order valence-corrected chi connectivity index (χ3v) is 8.91. The molecule has 1 aliphatic heterocycles. The molecule has 1 unspecified atom stereocenters. The van der Waals surface area contributed by atoms with Gasteiger partial charge in [-0.1, -0.05) is 0 Å². The van der Waals surface area contributed by atoms with Crippen LogP contribution in [0.2, 0.25) is 0 Å². The van der Waals surface area contributed by atoms with E-state index >= 15 is 0 Å². The lowest BCUT2D eigenvalue weighted by atomic mass is 9.86. The predicted molar refractivity (Wildman–Crippen MR) is 123 cm³/mol. The van der Waals surface area contributed by atoms with E-state index in [-0.39, 0.29) is 36.2 Å². The quantitative estimate of drug-likeness (QED) is 0.519. The van der Waals surface area contributed by atoms with Crippen molar-refractivity contribution in [2.45, 2.75) is 95.0 Å². The number of halogens is 3. The molecule has 3 aliphatic rings. The van der Waals surface area contributed by atoms with Crippen LogP contribution in [0.15, 0.2) is 12.4 Å². The molecule has 0 aromatic carbocycles. The topological polar surface area (TPSA) is 111 Å². The van der Waals surface area contributed by atoms with Crippen molar-refractivity contribution in [3.05, 3.63) is 24.0 Å². The van der Waals surface area contributed by atoms with Gasteiger partial charge < -0.3 is 9.47 Å². The number of aromatic nitrogens is 2. The van der Waals surface area contributed by atoms with Gasteiger partial charge in [-0.05, 0) is 58.8 Å². The first-order chi connectivity index (χ1) is 17.0. The number of carbonyl (C=O) groups is 1. The summed E-state index contributed by atoms with van der Waals surface area (Å²) in [5.74, 6) is 0.178. The van der Waals surface area contributed by atoms with Crippen LogP contribution in [0.1, 0.15) is 58.7 Å². The minimum absolute atomic E-state index is 0.106. The molecule has 1 saturated heterocycles. The number of nitrogens with one attached hydrogen (secondary N) is 1. The highest BCUT2D eigenvalue weighted by atomic mass is 32.2. The number of carbonyl (C=O) groups excluding carboxylic acids is 1. The Balaban J connectivity index is 1.46. The molecule has 0 radical (unpaired) electrons. The van der Waals surface area contributed by atoms with Crippen molar-refractivity contribution in [2.75, 3.05) is 12.4 Å². The van der Waals surface area contributed by atoms with E-state index in [1.807, 2.05) is 0 Å². The Kier molecular flexibility index (Phi) is 7.82. The lowest BCUT2D eigenvalue weighted by molar-refractivity contribution is -0.0299. The molecule has 9 nitrogen and oxygen atoms in total. The number of nitrogens with zero attached hydrogens (tertiary/aromatic N) is 3. The molecule has 1 aromatic rings. The van der Waals surface area contributed by atoms with Gasteiger partial charge in [0.15, 0.2) is 5.82 Å². The molecule has 0 bridgehead atoms. The Morgan fingerprint density at radius 2 is 1.97 bits per heavy atom. The lowest BCUT2D eigenvalue weighted by Gasteiger charge is -2.33. The average molecular weight is 535 g/mol. The van der Waals surface area contributed by atoms with Crippen molar-refractivity contribution in [3.8, 4) is 0 Å². The Morgan fingerprint density at radius 1 is 1.28 bits per heavy atom. The van der Waals surface area contributed by atoms with Crippen LogP contribution in [0, 0.1) is 11.7 Å². The van der Waals surface area contributed by atoms with Crippen molar-refractivity contribution >= 4 is 16.1 Å². The van der Waals surface area contributed by atoms with Crippen LogP contribution in [0.4, 0.5) is 18.0 Å². The number of sulfonamides is 1. The van der Waals surface area contributed by atoms with Crippen LogP contribution in [0.5, 0.6) is 0 Å². The number of fused-ring (bicyclic) bond motifs is 1. The minimum Gasteiger partial charge on any atom is -0.447 e. The highest BCUT2D eigenvalue weighted by Gasteiger charge is 2.60. The Labute approximate surface area is 209 Å². The molecule has 2 saturated carbocycles. The Hall–Kier alpha value is -1.99. The summed E-state index contributed by atoms with van der Waals surface area (Å²) < 4.78 is 79.4. The summed E-state index contributed by atoms with van der Waals surface area (Å²) in [6.45, 7) is 4.57. The van der Waals surface area contributed by atoms with Gasteiger partial charge in [0, 0.05) is 11.5 Å². The molecular formula is C23H33F3N4O5S. The van der Waals surface area contributed by atoms with Crippen LogP contribution in [-0.4, -0.2) is 78.5 Å². The zero-order valence-electron chi connectivity index (χ0n) is 20.6. The summed E-state index contributed by atoms with van der Waals surface area (Å²) in [5.41, 5.74) is -0.186. The van der Waals surface area contributed by atoms with Crippen molar-refractivity contribution < 1.29 is 35.9 Å². The van der Waals surface area contributed by atoms with Gasteiger partial charge in [-0.15, -0.1) is 0 Å². The number of hydrogen-bond donors (Lipinski definition) is 1. The molecule has 13 heteroatoms. The SMILES string of the molecule is CCS(=O)(=O)N[C@H]1CC(C(F)F)N(C(=O)OC(C)C)[C@H]1CO[C@H]1CC[C@@]2(c3ncc(F)cn3)C[C@H]2C1. The van der Waals surface area contributed by atoms with Crippen molar-refractivity contribution in [1.29, 1.82) is 0 Å². The van der Waals surface area contributed by atoms with E-state index < -0.39 is 52.6 Å². The van der Waals surface area contributed by atoms with E-state index in [9.17, 15) is 26.4 Å². The van der Waals surface area contributed by atoms with E-state index in [4.69, 9.17) is 9.47 Å². The molecule has 1 aromatic heterocycles. The van der Waals surface area contributed by atoms with Crippen molar-refractivity contribution in [3.63, 3.8) is 0 Å². The average Bonchev–Trinajstić information content (AvgIpc) is 3.44. The first-order valence-corrected chi connectivity index (χ1v) is 14.0. The van der Waals surface area contributed by atoms with Gasteiger partial charge in [-0.25, -0.2) is 41.1 Å². The smallest absolute Gasteiger partial charge is 0.410 e. The van der Waals surface area contributed by atoms with Gasteiger partial charge >= 0.3 is 6.09 Å². The van der Waals surface area contributed by atoms with Gasteiger partial charge in [-0.2, -0.15) is 0 Å². The zero-order valence-corrected chi connectivity index (χ0v) is 21.4. The van der Waals surface area contributed by atoms with E-state index in [0.29, 0.717) is 18.7 Å². The first kappa shape index (κ1) is 27.1. The second-order valence-electron chi connectivity index (χ2n) is 10.2. The summed E-state index contributed by atoms with van der Waals surface area (Å²) in [6.07, 6.45) is 0.523. The van der Waals surface area contributed by atoms with Crippen LogP contribution < -0.4 is 4.72 Å². The van der Waals surface area contributed by atoms with E-state index in [2.05, 4.69) is 14.7 Å². The molecule has 2 aliphatic carbocycles. The fourth-order valence-corrected chi connectivity index (χ4v) is 6.44. The predicted octanol–water partition coefficient (Wildman–Crippen LogP) is 3.00. The molecule has 3 fully saturated rings. The molecule has 6 atom stereocenters. The number of rotatable bonds is 9. The maximum absolute atomic E-state index is 13.9. The monoisotopic (exact) mass is 534 g/mol.